The molecule has 6 nitrogen and oxygen atoms in total. The molecule has 86 valence electrons. The summed E-state index contributed by atoms with van der Waals surface area (Å²) in [6.45, 7) is 3.45. The summed E-state index contributed by atoms with van der Waals surface area (Å²) in [5.41, 5.74) is 0.305. The fourth-order valence-electron chi connectivity index (χ4n) is 1.35. The predicted octanol–water partition coefficient (Wildman–Crippen LogP) is 0.115. The Bertz CT molecular complexity index is 709. The van der Waals surface area contributed by atoms with Gasteiger partial charge in [-0.05, 0) is 30.4 Å². The van der Waals surface area contributed by atoms with E-state index < -0.39 is 10.5 Å². The van der Waals surface area contributed by atoms with Gasteiger partial charge >= 0.3 is 5.63 Å². The van der Waals surface area contributed by atoms with E-state index in [1.807, 2.05) is 0 Å². The minimum Gasteiger partial charge on any atom is -0.405 e. The van der Waals surface area contributed by atoms with Crippen molar-refractivity contribution in [3.63, 3.8) is 0 Å². The van der Waals surface area contributed by atoms with Crippen molar-refractivity contribution in [3.8, 4) is 0 Å². The van der Waals surface area contributed by atoms with E-state index in [4.69, 9.17) is 0 Å². The second kappa shape index (κ2) is 4.09. The highest BCUT2D eigenvalue weighted by Crippen LogP contribution is 2.11. The van der Waals surface area contributed by atoms with E-state index in [1.54, 1.807) is 12.1 Å². The van der Waals surface area contributed by atoms with Crippen LogP contribution in [0.4, 0.5) is 5.69 Å². The van der Waals surface area contributed by atoms with E-state index in [0.717, 1.165) is 0 Å². The van der Waals surface area contributed by atoms with Crippen molar-refractivity contribution >= 4 is 18.3 Å². The molecule has 0 amide bonds. The Hall–Kier alpha value is -2.63. The Balaban J connectivity index is 2.46. The van der Waals surface area contributed by atoms with Crippen LogP contribution in [0.25, 0.3) is 12.7 Å². The van der Waals surface area contributed by atoms with Crippen LogP contribution in [0.1, 0.15) is 5.56 Å². The minimum absolute atomic E-state index is 0.00137. The largest absolute Gasteiger partial charge is 0.405 e. The van der Waals surface area contributed by atoms with Gasteiger partial charge in [0.05, 0.1) is 4.92 Å². The maximum atomic E-state index is 11.2. The van der Waals surface area contributed by atoms with Crippen molar-refractivity contribution in [2.24, 2.45) is 0 Å². The van der Waals surface area contributed by atoms with Crippen LogP contribution in [0.5, 0.6) is 0 Å². The third kappa shape index (κ3) is 2.31. The molecule has 0 aliphatic rings. The van der Waals surface area contributed by atoms with Crippen molar-refractivity contribution in [2.45, 2.75) is 0 Å². The molecule has 0 bridgehead atoms. The molecule has 0 aliphatic heterocycles. The minimum atomic E-state index is -0.520. The van der Waals surface area contributed by atoms with E-state index in [0.29, 0.717) is 5.56 Å². The second-order valence-electron chi connectivity index (χ2n) is 3.34. The van der Waals surface area contributed by atoms with Crippen molar-refractivity contribution < 1.29 is 9.34 Å². The summed E-state index contributed by atoms with van der Waals surface area (Å²) >= 11 is 0. The Kier molecular flexibility index (Phi) is 2.61. The van der Waals surface area contributed by atoms with Gasteiger partial charge in [0.1, 0.15) is 5.35 Å². The molecule has 0 saturated carbocycles. The molecule has 17 heavy (non-hydrogen) atoms. The number of hydrogen-bond donors (Lipinski definition) is 1. The Morgan fingerprint density at radius 1 is 1.35 bits per heavy atom. The first-order valence-electron chi connectivity index (χ1n) is 4.70. The van der Waals surface area contributed by atoms with Crippen molar-refractivity contribution in [2.75, 3.05) is 0 Å². The van der Waals surface area contributed by atoms with Crippen LogP contribution in [0.15, 0.2) is 33.5 Å². The Labute approximate surface area is 94.7 Å². The third-order valence-electron chi connectivity index (χ3n) is 2.12. The summed E-state index contributed by atoms with van der Waals surface area (Å²) in [5.74, 6) is 0. The fourth-order valence-corrected chi connectivity index (χ4v) is 1.35. The van der Waals surface area contributed by atoms with Crippen LogP contribution in [-0.4, -0.2) is 9.91 Å². The summed E-state index contributed by atoms with van der Waals surface area (Å²) in [6.07, 6.45) is 1.53. The molecule has 1 heterocycles. The number of hydrogen-bond acceptors (Lipinski definition) is 4. The molecule has 0 aliphatic carbocycles. The highest BCUT2D eigenvalue weighted by Gasteiger charge is 2.03. The number of aromatic amines is 1. The number of rotatable bonds is 2. The number of benzene rings is 1. The molecular formula is C11H8N2O4. The smallest absolute Gasteiger partial charge is 0.361 e. The molecule has 0 spiro atoms. The lowest BCUT2D eigenvalue weighted by atomic mass is 10.2. The predicted molar refractivity (Wildman–Crippen MR) is 60.8 cm³/mol. The zero-order valence-corrected chi connectivity index (χ0v) is 8.67. The average molecular weight is 232 g/mol. The van der Waals surface area contributed by atoms with Gasteiger partial charge in [-0.15, -0.1) is 0 Å². The van der Waals surface area contributed by atoms with Gasteiger partial charge in [0.15, 0.2) is 5.55 Å². The van der Waals surface area contributed by atoms with Crippen LogP contribution in [-0.2, 0) is 0 Å². The van der Waals surface area contributed by atoms with Gasteiger partial charge in [0.25, 0.3) is 5.69 Å². The molecular weight excluding hydrogens is 224 g/mol. The molecule has 1 N–H and O–H groups in total. The van der Waals surface area contributed by atoms with Crippen LogP contribution in [0.3, 0.4) is 0 Å². The van der Waals surface area contributed by atoms with Crippen LogP contribution < -0.4 is 16.5 Å². The summed E-state index contributed by atoms with van der Waals surface area (Å²) in [6, 6.07) is 5.81. The molecule has 2 rings (SSSR count). The highest BCUT2D eigenvalue weighted by atomic mass is 16.6. The monoisotopic (exact) mass is 232 g/mol. The third-order valence-corrected chi connectivity index (χ3v) is 2.12. The summed E-state index contributed by atoms with van der Waals surface area (Å²) in [4.78, 5) is 23.9. The molecule has 1 aromatic carbocycles. The Morgan fingerprint density at radius 2 is 2.00 bits per heavy atom. The second-order valence-corrected chi connectivity index (χ2v) is 3.34. The number of oxazole rings is 1. The van der Waals surface area contributed by atoms with E-state index in [2.05, 4.69) is 16.0 Å². The SMILES string of the molecule is C=c1[nH]/c(=C\c2ccc([N+](=O)[O-])cc2)c(=O)o1. The first-order valence-corrected chi connectivity index (χ1v) is 4.70. The van der Waals surface area contributed by atoms with Crippen LogP contribution in [0, 0.1) is 10.1 Å². The Morgan fingerprint density at radius 3 is 2.47 bits per heavy atom. The number of H-pyrrole nitrogens is 1. The zero-order valence-electron chi connectivity index (χ0n) is 8.67. The molecule has 6 heteroatoms. The summed E-state index contributed by atoms with van der Waals surface area (Å²) in [5, 5.41) is 10.7. The molecule has 0 unspecified atom stereocenters. The quantitative estimate of drug-likeness (QED) is 0.588. The molecule has 0 saturated heterocycles. The van der Waals surface area contributed by atoms with Gasteiger partial charge in [-0.3, -0.25) is 10.1 Å². The lowest BCUT2D eigenvalue weighted by molar-refractivity contribution is -0.384. The normalized spacial score (nSPS) is 11.6. The number of non-ortho nitro benzene ring substituents is 1. The summed E-state index contributed by atoms with van der Waals surface area (Å²) in [7, 11) is 0. The number of nitrogens with zero attached hydrogens (tertiary/aromatic N) is 1. The molecule has 1 aromatic heterocycles. The van der Waals surface area contributed by atoms with Gasteiger partial charge < -0.3 is 9.40 Å². The highest BCUT2D eigenvalue weighted by molar-refractivity contribution is 5.50. The van der Waals surface area contributed by atoms with E-state index in [1.165, 1.54) is 18.2 Å². The van der Waals surface area contributed by atoms with Gasteiger partial charge in [0.2, 0.25) is 0 Å². The van der Waals surface area contributed by atoms with Crippen molar-refractivity contribution in [3.05, 3.63) is 61.3 Å². The van der Waals surface area contributed by atoms with Gasteiger partial charge in [0, 0.05) is 12.1 Å². The maximum Gasteiger partial charge on any atom is 0.361 e. The van der Waals surface area contributed by atoms with E-state index >= 15 is 0 Å². The first-order chi connectivity index (χ1) is 8.06. The molecule has 0 fully saturated rings. The lowest BCUT2D eigenvalue weighted by Crippen LogP contribution is -2.20. The van der Waals surface area contributed by atoms with Crippen LogP contribution >= 0.6 is 0 Å². The first kappa shape index (κ1) is 10.9. The van der Waals surface area contributed by atoms with Gasteiger partial charge in [-0.2, -0.15) is 0 Å². The standard InChI is InChI=1S/C11H8N2O4/c1-7-12-10(11(14)17-7)6-8-2-4-9(5-3-8)13(15)16/h2-6,12H,1H2/b10-6-. The molecule has 0 radical (unpaired) electrons. The fraction of sp³-hybridized carbons (Fsp3) is 0. The van der Waals surface area contributed by atoms with Crippen molar-refractivity contribution in [1.29, 1.82) is 0 Å². The van der Waals surface area contributed by atoms with Gasteiger partial charge in [-0.25, -0.2) is 4.79 Å². The molecule has 0 atom stereocenters. The number of nitro benzene ring substituents is 1. The van der Waals surface area contributed by atoms with E-state index in [9.17, 15) is 14.9 Å². The van der Waals surface area contributed by atoms with Crippen molar-refractivity contribution in [1.82, 2.24) is 4.98 Å². The lowest BCUT2D eigenvalue weighted by Gasteiger charge is -1.92. The topological polar surface area (TPSA) is 89.1 Å². The zero-order chi connectivity index (χ0) is 12.4. The van der Waals surface area contributed by atoms with E-state index in [-0.39, 0.29) is 16.6 Å². The molecule has 2 aromatic rings. The van der Waals surface area contributed by atoms with Crippen LogP contribution in [0.2, 0.25) is 0 Å². The average Bonchev–Trinajstić information content (AvgIpc) is 2.58. The number of nitro groups is 1. The number of nitrogens with one attached hydrogen (secondary N) is 1. The summed E-state index contributed by atoms with van der Waals surface area (Å²) < 4.78 is 4.69. The van der Waals surface area contributed by atoms with Gasteiger partial charge in [-0.1, -0.05) is 0 Å². The maximum absolute atomic E-state index is 11.2. The number of aromatic nitrogens is 1.